The predicted molar refractivity (Wildman–Crippen MR) is 79.2 cm³/mol. The van der Waals surface area contributed by atoms with Gasteiger partial charge in [-0.25, -0.2) is 4.98 Å². The van der Waals surface area contributed by atoms with Gasteiger partial charge in [0.1, 0.15) is 0 Å². The molecule has 4 heteroatoms. The van der Waals surface area contributed by atoms with Crippen molar-refractivity contribution >= 4 is 0 Å². The molecule has 1 aliphatic rings. The van der Waals surface area contributed by atoms with E-state index in [0.717, 1.165) is 12.5 Å². The number of aryl methyl sites for hydroxylation is 1. The second-order valence-corrected chi connectivity index (χ2v) is 5.64. The number of hydrogen-bond donors (Lipinski definition) is 1. The zero-order valence-corrected chi connectivity index (χ0v) is 12.2. The van der Waals surface area contributed by atoms with Crippen LogP contribution in [0.2, 0.25) is 0 Å². The maximum Gasteiger partial charge on any atom is 0.0945 e. The maximum absolute atomic E-state index is 4.08. The minimum absolute atomic E-state index is 0.899. The lowest BCUT2D eigenvalue weighted by Gasteiger charge is -2.32. The van der Waals surface area contributed by atoms with Gasteiger partial charge >= 0.3 is 0 Å². The van der Waals surface area contributed by atoms with Crippen molar-refractivity contribution < 1.29 is 0 Å². The largest absolute Gasteiger partial charge is 0.337 e. The molecule has 2 heterocycles. The van der Waals surface area contributed by atoms with E-state index in [1.807, 2.05) is 18.7 Å². The van der Waals surface area contributed by atoms with Crippen LogP contribution >= 0.6 is 0 Å². The van der Waals surface area contributed by atoms with Gasteiger partial charge in [-0.15, -0.1) is 0 Å². The lowest BCUT2D eigenvalue weighted by Crippen LogP contribution is -2.38. The van der Waals surface area contributed by atoms with E-state index in [2.05, 4.69) is 26.7 Å². The van der Waals surface area contributed by atoms with Crippen molar-refractivity contribution in [1.82, 2.24) is 19.8 Å². The Morgan fingerprint density at radius 3 is 2.79 bits per heavy atom. The fourth-order valence-electron chi connectivity index (χ4n) is 2.79. The summed E-state index contributed by atoms with van der Waals surface area (Å²) in [5.41, 5.74) is 0. The maximum atomic E-state index is 4.08. The first-order chi connectivity index (χ1) is 9.38. The van der Waals surface area contributed by atoms with E-state index in [9.17, 15) is 0 Å². The number of hydrogen-bond acceptors (Lipinski definition) is 3. The molecule has 1 fully saturated rings. The second kappa shape index (κ2) is 8.33. The summed E-state index contributed by atoms with van der Waals surface area (Å²) in [4.78, 5) is 6.69. The second-order valence-electron chi connectivity index (χ2n) is 5.64. The number of nitrogens with one attached hydrogen (secondary N) is 1. The van der Waals surface area contributed by atoms with Gasteiger partial charge < -0.3 is 14.8 Å². The first-order valence-corrected chi connectivity index (χ1v) is 7.77. The average Bonchev–Trinajstić information content (AvgIpc) is 2.94. The van der Waals surface area contributed by atoms with E-state index >= 15 is 0 Å². The normalized spacial score (nSPS) is 17.9. The smallest absolute Gasteiger partial charge is 0.0945 e. The Bertz CT molecular complexity index is 315. The number of aromatic nitrogens is 2. The van der Waals surface area contributed by atoms with Gasteiger partial charge in [-0.05, 0) is 64.3 Å². The molecule has 0 atom stereocenters. The fourth-order valence-corrected chi connectivity index (χ4v) is 2.79. The van der Waals surface area contributed by atoms with E-state index in [0.29, 0.717) is 0 Å². The predicted octanol–water partition coefficient (Wildman–Crippen LogP) is 1.98. The molecule has 0 saturated carbocycles. The summed E-state index contributed by atoms with van der Waals surface area (Å²) >= 11 is 0. The molecular weight excluding hydrogens is 236 g/mol. The van der Waals surface area contributed by atoms with E-state index in [-0.39, 0.29) is 0 Å². The summed E-state index contributed by atoms with van der Waals surface area (Å²) in [7, 11) is 0. The minimum atomic E-state index is 0.899. The highest BCUT2D eigenvalue weighted by molar-refractivity contribution is 4.76. The van der Waals surface area contributed by atoms with Crippen LogP contribution in [-0.2, 0) is 6.54 Å². The van der Waals surface area contributed by atoms with Gasteiger partial charge in [0, 0.05) is 18.9 Å². The van der Waals surface area contributed by atoms with Crippen molar-refractivity contribution in [3.8, 4) is 0 Å². The molecule has 4 nitrogen and oxygen atoms in total. The van der Waals surface area contributed by atoms with Crippen molar-refractivity contribution in [2.75, 3.05) is 32.7 Å². The number of nitrogens with zero attached hydrogens (tertiary/aromatic N) is 3. The number of imidazole rings is 1. The van der Waals surface area contributed by atoms with Gasteiger partial charge in [-0.2, -0.15) is 0 Å². The Balaban J connectivity index is 1.53. The molecule has 1 saturated heterocycles. The highest BCUT2D eigenvalue weighted by atomic mass is 15.1. The Morgan fingerprint density at radius 1 is 1.26 bits per heavy atom. The van der Waals surface area contributed by atoms with E-state index < -0.39 is 0 Å². The molecular formula is C15H28N4. The first kappa shape index (κ1) is 14.5. The molecule has 1 aliphatic heterocycles. The molecule has 108 valence electrons. The number of piperidine rings is 1. The molecule has 0 bridgehead atoms. The molecule has 0 aromatic carbocycles. The third-order valence-corrected chi connectivity index (χ3v) is 4.02. The van der Waals surface area contributed by atoms with Crippen molar-refractivity contribution in [2.45, 2.75) is 39.2 Å². The first-order valence-electron chi connectivity index (χ1n) is 7.77. The van der Waals surface area contributed by atoms with Gasteiger partial charge in [0.2, 0.25) is 0 Å². The highest BCUT2D eigenvalue weighted by Gasteiger charge is 2.18. The average molecular weight is 264 g/mol. The molecule has 0 aliphatic carbocycles. The van der Waals surface area contributed by atoms with Crippen LogP contribution in [0.3, 0.4) is 0 Å². The van der Waals surface area contributed by atoms with E-state index in [1.165, 1.54) is 58.4 Å². The standard InChI is InChI=1S/C15H28N4/c1-2-6-16-13-15-4-10-18(11-5-15)8-3-9-19-12-7-17-14-19/h7,12,14-16H,2-6,8-11,13H2,1H3. The van der Waals surface area contributed by atoms with Crippen LogP contribution in [0.4, 0.5) is 0 Å². The van der Waals surface area contributed by atoms with Crippen molar-refractivity contribution in [3.05, 3.63) is 18.7 Å². The summed E-state index contributed by atoms with van der Waals surface area (Å²) in [5.74, 6) is 0.899. The molecule has 0 spiro atoms. The lowest BCUT2D eigenvalue weighted by atomic mass is 9.96. The summed E-state index contributed by atoms with van der Waals surface area (Å²) in [6.07, 6.45) is 11.0. The van der Waals surface area contributed by atoms with Crippen molar-refractivity contribution in [1.29, 1.82) is 0 Å². The molecule has 1 aromatic rings. The summed E-state index contributed by atoms with van der Waals surface area (Å²) in [5, 5.41) is 3.55. The van der Waals surface area contributed by atoms with Crippen LogP contribution < -0.4 is 5.32 Å². The fraction of sp³-hybridized carbons (Fsp3) is 0.800. The molecule has 0 amide bonds. The Kier molecular flexibility index (Phi) is 6.37. The number of rotatable bonds is 8. The topological polar surface area (TPSA) is 33.1 Å². The minimum Gasteiger partial charge on any atom is -0.337 e. The van der Waals surface area contributed by atoms with Crippen LogP contribution in [0.25, 0.3) is 0 Å². The third-order valence-electron chi connectivity index (χ3n) is 4.02. The third kappa shape index (κ3) is 5.33. The van der Waals surface area contributed by atoms with Gasteiger partial charge in [-0.3, -0.25) is 0 Å². The quantitative estimate of drug-likeness (QED) is 0.729. The molecule has 0 radical (unpaired) electrons. The monoisotopic (exact) mass is 264 g/mol. The summed E-state index contributed by atoms with van der Waals surface area (Å²) < 4.78 is 2.17. The zero-order chi connectivity index (χ0) is 13.3. The molecule has 1 aromatic heterocycles. The van der Waals surface area contributed by atoms with Crippen LogP contribution in [0.15, 0.2) is 18.7 Å². The van der Waals surface area contributed by atoms with Gasteiger partial charge in [0.15, 0.2) is 0 Å². The Labute approximate surface area is 117 Å². The Hall–Kier alpha value is -0.870. The number of likely N-dealkylation sites (tertiary alicyclic amines) is 1. The van der Waals surface area contributed by atoms with Gasteiger partial charge in [0.05, 0.1) is 6.33 Å². The van der Waals surface area contributed by atoms with Crippen LogP contribution in [0.5, 0.6) is 0 Å². The van der Waals surface area contributed by atoms with Gasteiger partial charge in [-0.1, -0.05) is 6.92 Å². The van der Waals surface area contributed by atoms with Crippen molar-refractivity contribution in [3.63, 3.8) is 0 Å². The highest BCUT2D eigenvalue weighted by Crippen LogP contribution is 2.16. The summed E-state index contributed by atoms with van der Waals surface area (Å²) in [6.45, 7) is 9.51. The van der Waals surface area contributed by atoms with E-state index in [1.54, 1.807) is 0 Å². The summed E-state index contributed by atoms with van der Waals surface area (Å²) in [6, 6.07) is 0. The van der Waals surface area contributed by atoms with Gasteiger partial charge in [0.25, 0.3) is 0 Å². The molecule has 0 unspecified atom stereocenters. The molecule has 19 heavy (non-hydrogen) atoms. The Morgan fingerprint density at radius 2 is 2.11 bits per heavy atom. The molecule has 2 rings (SSSR count). The molecule has 1 N–H and O–H groups in total. The SMILES string of the molecule is CCCNCC1CCN(CCCn2ccnc2)CC1. The van der Waals surface area contributed by atoms with Crippen LogP contribution in [0, 0.1) is 5.92 Å². The van der Waals surface area contributed by atoms with Crippen molar-refractivity contribution in [2.24, 2.45) is 5.92 Å². The lowest BCUT2D eigenvalue weighted by molar-refractivity contribution is 0.178. The zero-order valence-electron chi connectivity index (χ0n) is 12.2. The van der Waals surface area contributed by atoms with E-state index in [4.69, 9.17) is 0 Å². The van der Waals surface area contributed by atoms with Crippen LogP contribution in [0.1, 0.15) is 32.6 Å². The van der Waals surface area contributed by atoms with Crippen LogP contribution in [-0.4, -0.2) is 47.2 Å².